The topological polar surface area (TPSA) is 93.4 Å². The molecule has 0 bridgehead atoms. The van der Waals surface area contributed by atoms with Crippen LogP contribution in [0.4, 0.5) is 0 Å². The maximum absolute atomic E-state index is 12.7. The second-order valence-corrected chi connectivity index (χ2v) is 6.06. The molecule has 1 radical (unpaired) electrons. The molecule has 0 atom stereocenters. The molecule has 0 saturated carbocycles. The molecule has 0 aliphatic rings. The number of amides is 1. The summed E-state index contributed by atoms with van der Waals surface area (Å²) in [6, 6.07) is 8.31. The number of hydrogen-bond donors (Lipinski definition) is 1. The minimum absolute atomic E-state index is 0. The van der Waals surface area contributed by atoms with Crippen molar-refractivity contribution in [1.82, 2.24) is 19.7 Å². The van der Waals surface area contributed by atoms with Crippen molar-refractivity contribution >= 4 is 34.1 Å². The van der Waals surface area contributed by atoms with Crippen LogP contribution in [0.3, 0.4) is 0 Å². The van der Waals surface area contributed by atoms with Crippen molar-refractivity contribution in [3.63, 3.8) is 0 Å². The number of aromatic nitrogens is 3. The number of pyridine rings is 2. The Balaban J connectivity index is 0.00000210. The maximum atomic E-state index is 12.7. The molecule has 0 aliphatic carbocycles. The first-order chi connectivity index (χ1) is 12.5. The van der Waals surface area contributed by atoms with Gasteiger partial charge in [0.2, 0.25) is 0 Å². The summed E-state index contributed by atoms with van der Waals surface area (Å²) >= 11 is 5.83. The van der Waals surface area contributed by atoms with Gasteiger partial charge in [-0.15, -0.1) is 6.07 Å². The number of halogens is 1. The van der Waals surface area contributed by atoms with Gasteiger partial charge < -0.3 is 19.5 Å². The van der Waals surface area contributed by atoms with Crippen LogP contribution in [0, 0.1) is 6.20 Å². The molecule has 9 heteroatoms. The summed E-state index contributed by atoms with van der Waals surface area (Å²) < 4.78 is 1.21. The Kier molecular flexibility index (Phi) is 5.65. The predicted octanol–water partition coefficient (Wildman–Crippen LogP) is 1.42. The summed E-state index contributed by atoms with van der Waals surface area (Å²) in [5.41, 5.74) is 0.216. The molecule has 7 nitrogen and oxygen atoms in total. The molecule has 1 N–H and O–H groups in total. The van der Waals surface area contributed by atoms with E-state index in [1.807, 2.05) is 0 Å². The monoisotopic (exact) mass is 454 g/mol. The normalized spacial score (nSPS) is 10.7. The zero-order valence-electron chi connectivity index (χ0n) is 13.8. The number of nitrogens with zero attached hydrogens (tertiary/aromatic N) is 3. The molecule has 27 heavy (non-hydrogen) atoms. The molecule has 0 aliphatic heterocycles. The van der Waals surface area contributed by atoms with Gasteiger partial charge in [0.25, 0.3) is 11.5 Å². The van der Waals surface area contributed by atoms with E-state index < -0.39 is 16.9 Å². The Morgan fingerprint density at radius 2 is 1.96 bits per heavy atom. The van der Waals surface area contributed by atoms with E-state index in [2.05, 4.69) is 21.5 Å². The first-order valence-corrected chi connectivity index (χ1v) is 8.00. The van der Waals surface area contributed by atoms with E-state index >= 15 is 0 Å². The Labute approximate surface area is 182 Å². The second-order valence-electron chi connectivity index (χ2n) is 5.62. The van der Waals surface area contributed by atoms with Crippen LogP contribution in [0.2, 0.25) is 5.02 Å². The first kappa shape index (κ1) is 19.5. The molecule has 0 spiro atoms. The van der Waals surface area contributed by atoms with Gasteiger partial charge in [0.1, 0.15) is 5.43 Å². The number of benzene rings is 1. The van der Waals surface area contributed by atoms with Gasteiger partial charge in [0, 0.05) is 50.5 Å². The van der Waals surface area contributed by atoms with E-state index in [1.165, 1.54) is 16.7 Å². The van der Waals surface area contributed by atoms with E-state index in [9.17, 15) is 14.4 Å². The van der Waals surface area contributed by atoms with Crippen molar-refractivity contribution in [2.45, 2.75) is 6.54 Å². The summed E-state index contributed by atoms with van der Waals surface area (Å²) in [5.74, 6) is -0.579. The zero-order valence-corrected chi connectivity index (χ0v) is 17.4. The quantitative estimate of drug-likeness (QED) is 0.473. The number of rotatable bonds is 3. The number of hydrogen-bond acceptors (Lipinski definition) is 5. The van der Waals surface area contributed by atoms with Crippen molar-refractivity contribution in [2.24, 2.45) is 0 Å². The van der Waals surface area contributed by atoms with Crippen LogP contribution in [0.15, 0.2) is 52.3 Å². The SMILES string of the molecule is O=C(NCc1ccc(Cl)cc1)c1cn2c(=O)cnc3n[c-]cc(c1=O)c32.[Y]. The van der Waals surface area contributed by atoms with Gasteiger partial charge in [0.05, 0.1) is 17.4 Å². The fourth-order valence-electron chi connectivity index (χ4n) is 2.69. The standard InChI is InChI=1S/C18H10ClN4O3.Y/c19-11-3-1-10(2-4-11)7-22-18(26)13-9-23-14(24)8-21-17-15(23)12(16(13)25)5-6-20-17;/h1-5,8-9H,7H2,(H,22,26);/q-1;. The third-order valence-electron chi connectivity index (χ3n) is 3.98. The molecule has 131 valence electrons. The minimum Gasteiger partial charge on any atom is -0.368 e. The fourth-order valence-corrected chi connectivity index (χ4v) is 2.82. The van der Waals surface area contributed by atoms with Crippen molar-refractivity contribution in [3.05, 3.63) is 85.6 Å². The van der Waals surface area contributed by atoms with Crippen LogP contribution >= 0.6 is 11.6 Å². The average Bonchev–Trinajstić information content (AvgIpc) is 2.65. The fraction of sp³-hybridized carbons (Fsp3) is 0.0556. The third-order valence-corrected chi connectivity index (χ3v) is 4.23. The van der Waals surface area contributed by atoms with E-state index in [4.69, 9.17) is 11.6 Å². The molecule has 4 rings (SSSR count). The van der Waals surface area contributed by atoms with Crippen molar-refractivity contribution < 1.29 is 37.5 Å². The maximum Gasteiger partial charge on any atom is 0.270 e. The molecule has 1 amide bonds. The summed E-state index contributed by atoms with van der Waals surface area (Å²) in [6.45, 7) is 0.219. The summed E-state index contributed by atoms with van der Waals surface area (Å²) in [6.07, 6.45) is 4.88. The Hall–Kier alpha value is -2.22. The Morgan fingerprint density at radius 3 is 2.70 bits per heavy atom. The van der Waals surface area contributed by atoms with Crippen molar-refractivity contribution in [2.75, 3.05) is 0 Å². The van der Waals surface area contributed by atoms with Gasteiger partial charge >= 0.3 is 0 Å². The van der Waals surface area contributed by atoms with Crippen LogP contribution in [0.5, 0.6) is 0 Å². The molecule has 3 heterocycles. The summed E-state index contributed by atoms with van der Waals surface area (Å²) in [7, 11) is 0. The first-order valence-electron chi connectivity index (χ1n) is 7.62. The third kappa shape index (κ3) is 3.63. The van der Waals surface area contributed by atoms with Gasteiger partial charge in [-0.2, -0.15) is 0 Å². The number of nitrogens with one attached hydrogen (secondary N) is 1. The zero-order chi connectivity index (χ0) is 18.3. The second kappa shape index (κ2) is 7.80. The van der Waals surface area contributed by atoms with E-state index in [0.29, 0.717) is 5.02 Å². The largest absolute Gasteiger partial charge is 0.368 e. The number of carbonyl (C=O) groups excluding carboxylic acids is 1. The molecular formula is C18H10ClN4O3Y-. The molecule has 0 saturated heterocycles. The predicted molar refractivity (Wildman–Crippen MR) is 95.7 cm³/mol. The molecule has 0 unspecified atom stereocenters. The molecule has 4 aromatic rings. The minimum atomic E-state index is -0.579. The molecular weight excluding hydrogens is 445 g/mol. The van der Waals surface area contributed by atoms with Gasteiger partial charge in [-0.05, 0) is 23.2 Å². The van der Waals surface area contributed by atoms with Gasteiger partial charge in [-0.25, -0.2) is 0 Å². The summed E-state index contributed by atoms with van der Waals surface area (Å²) in [5, 5.41) is 3.43. The molecule has 0 fully saturated rings. The van der Waals surface area contributed by atoms with Crippen molar-refractivity contribution in [3.8, 4) is 0 Å². The number of carbonyl (C=O) groups is 1. The van der Waals surface area contributed by atoms with Crippen molar-refractivity contribution in [1.29, 1.82) is 0 Å². The van der Waals surface area contributed by atoms with Gasteiger partial charge in [-0.1, -0.05) is 35.3 Å². The van der Waals surface area contributed by atoms with Gasteiger partial charge in [0.15, 0.2) is 0 Å². The van der Waals surface area contributed by atoms with Crippen LogP contribution in [0.25, 0.3) is 16.6 Å². The van der Waals surface area contributed by atoms with E-state index in [1.54, 1.807) is 24.3 Å². The summed E-state index contributed by atoms with van der Waals surface area (Å²) in [4.78, 5) is 45.1. The van der Waals surface area contributed by atoms with Crippen LogP contribution in [0.1, 0.15) is 15.9 Å². The Morgan fingerprint density at radius 1 is 1.22 bits per heavy atom. The van der Waals surface area contributed by atoms with E-state index in [0.717, 1.165) is 11.8 Å². The van der Waals surface area contributed by atoms with E-state index in [-0.39, 0.29) is 61.4 Å². The Bertz CT molecular complexity index is 1250. The molecule has 3 aromatic heterocycles. The van der Waals surface area contributed by atoms with Crippen LogP contribution < -0.4 is 16.3 Å². The van der Waals surface area contributed by atoms with Crippen LogP contribution in [-0.2, 0) is 39.3 Å². The molecule has 1 aromatic carbocycles. The van der Waals surface area contributed by atoms with Gasteiger partial charge in [-0.3, -0.25) is 14.6 Å². The van der Waals surface area contributed by atoms with Crippen LogP contribution in [-0.4, -0.2) is 20.3 Å². The average molecular weight is 455 g/mol. The smallest absolute Gasteiger partial charge is 0.270 e.